The van der Waals surface area contributed by atoms with Crippen LogP contribution < -0.4 is 14.8 Å². The maximum atomic E-state index is 13.3. The largest absolute Gasteiger partial charge is 0.497 e. The van der Waals surface area contributed by atoms with Crippen molar-refractivity contribution >= 4 is 11.8 Å². The highest BCUT2D eigenvalue weighted by molar-refractivity contribution is 5.88. The molecule has 0 aromatic heterocycles. The van der Waals surface area contributed by atoms with E-state index in [9.17, 15) is 9.59 Å². The second-order valence-electron chi connectivity index (χ2n) is 10.3. The van der Waals surface area contributed by atoms with Crippen LogP contribution in [-0.2, 0) is 21.5 Å². The van der Waals surface area contributed by atoms with E-state index in [2.05, 4.69) is 26.1 Å². The summed E-state index contributed by atoms with van der Waals surface area (Å²) < 4.78 is 11.3. The molecule has 2 rings (SSSR count). The van der Waals surface area contributed by atoms with Crippen molar-refractivity contribution in [3.8, 4) is 11.5 Å². The summed E-state index contributed by atoms with van der Waals surface area (Å²) in [5.74, 6) is 0.889. The smallest absolute Gasteiger partial charge is 0.261 e. The Labute approximate surface area is 198 Å². The first kappa shape index (κ1) is 26.2. The number of benzene rings is 2. The summed E-state index contributed by atoms with van der Waals surface area (Å²) in [6.07, 6.45) is 0. The summed E-state index contributed by atoms with van der Waals surface area (Å²) >= 11 is 0. The third-order valence-corrected chi connectivity index (χ3v) is 5.20. The molecular weight excluding hydrogens is 416 g/mol. The van der Waals surface area contributed by atoms with E-state index in [-0.39, 0.29) is 30.4 Å². The molecule has 6 nitrogen and oxygen atoms in total. The molecule has 0 aliphatic carbocycles. The van der Waals surface area contributed by atoms with Gasteiger partial charge in [0, 0.05) is 12.1 Å². The van der Waals surface area contributed by atoms with Crippen molar-refractivity contribution in [2.75, 3.05) is 13.7 Å². The van der Waals surface area contributed by atoms with Gasteiger partial charge in [-0.15, -0.1) is 0 Å². The third kappa shape index (κ3) is 7.81. The molecule has 0 aliphatic rings. The zero-order valence-electron chi connectivity index (χ0n) is 21.2. The molecule has 0 radical (unpaired) electrons. The lowest BCUT2D eigenvalue weighted by molar-refractivity contribution is -0.142. The van der Waals surface area contributed by atoms with Gasteiger partial charge in [-0.3, -0.25) is 9.59 Å². The number of nitrogens with one attached hydrogen (secondary N) is 1. The molecule has 0 spiro atoms. The summed E-state index contributed by atoms with van der Waals surface area (Å²) in [5, 5.41) is 2.97. The Bertz CT molecular complexity index is 957. The Morgan fingerprint density at radius 3 is 2.27 bits per heavy atom. The highest BCUT2D eigenvalue weighted by Gasteiger charge is 2.29. The van der Waals surface area contributed by atoms with Gasteiger partial charge in [-0.1, -0.05) is 51.1 Å². The molecule has 33 heavy (non-hydrogen) atoms. The Morgan fingerprint density at radius 1 is 1.00 bits per heavy atom. The normalized spacial score (nSPS) is 12.6. The molecule has 6 heteroatoms. The number of ether oxygens (including phenoxy) is 2. The molecule has 180 valence electrons. The van der Waals surface area contributed by atoms with Gasteiger partial charge in [-0.2, -0.15) is 0 Å². The van der Waals surface area contributed by atoms with Gasteiger partial charge in [0.1, 0.15) is 17.5 Å². The van der Waals surface area contributed by atoms with E-state index >= 15 is 0 Å². The number of carbonyl (C=O) groups excluding carboxylic acids is 2. The lowest BCUT2D eigenvalue weighted by Crippen LogP contribution is -2.53. The van der Waals surface area contributed by atoms with Crippen LogP contribution in [0.25, 0.3) is 0 Å². The monoisotopic (exact) mass is 454 g/mol. The lowest BCUT2D eigenvalue weighted by Gasteiger charge is -2.31. The summed E-state index contributed by atoms with van der Waals surface area (Å²) in [6.45, 7) is 13.9. The van der Waals surface area contributed by atoms with Gasteiger partial charge >= 0.3 is 0 Å². The molecule has 2 aromatic rings. The number of para-hydroxylation sites is 1. The third-order valence-electron chi connectivity index (χ3n) is 5.20. The van der Waals surface area contributed by atoms with Crippen molar-refractivity contribution in [2.24, 2.45) is 0 Å². The molecule has 1 N–H and O–H groups in total. The molecule has 2 aromatic carbocycles. The first-order chi connectivity index (χ1) is 15.3. The summed E-state index contributed by atoms with van der Waals surface area (Å²) in [4.78, 5) is 27.8. The minimum atomic E-state index is -0.676. The fraction of sp³-hybridized carbons (Fsp3) is 0.481. The SMILES string of the molecule is COc1cccc(CN(C(=O)COc2ccccc2C(C)(C)C)[C@H](C)C(=O)NC(C)(C)C)c1. The van der Waals surface area contributed by atoms with Gasteiger partial charge in [-0.05, 0) is 62.4 Å². The Hall–Kier alpha value is -3.02. The molecule has 0 aliphatic heterocycles. The second-order valence-corrected chi connectivity index (χ2v) is 10.3. The van der Waals surface area contributed by atoms with Crippen molar-refractivity contribution in [1.82, 2.24) is 10.2 Å². The van der Waals surface area contributed by atoms with Gasteiger partial charge in [0.05, 0.1) is 7.11 Å². The first-order valence-electron chi connectivity index (χ1n) is 11.3. The maximum absolute atomic E-state index is 13.3. The van der Waals surface area contributed by atoms with E-state index in [0.29, 0.717) is 11.5 Å². The minimum absolute atomic E-state index is 0.125. The molecule has 1 atom stereocenters. The van der Waals surface area contributed by atoms with Crippen molar-refractivity contribution < 1.29 is 19.1 Å². The summed E-state index contributed by atoms with van der Waals surface area (Å²) in [5.41, 5.74) is 1.36. The van der Waals surface area contributed by atoms with Crippen LogP contribution in [-0.4, -0.2) is 42.0 Å². The lowest BCUT2D eigenvalue weighted by atomic mass is 9.86. The average Bonchev–Trinajstić information content (AvgIpc) is 2.73. The van der Waals surface area contributed by atoms with E-state index in [1.54, 1.807) is 18.9 Å². The van der Waals surface area contributed by atoms with Gasteiger partial charge in [0.25, 0.3) is 5.91 Å². The Morgan fingerprint density at radius 2 is 1.67 bits per heavy atom. The molecule has 0 saturated heterocycles. The van der Waals surface area contributed by atoms with E-state index in [4.69, 9.17) is 9.47 Å². The van der Waals surface area contributed by atoms with Crippen molar-refractivity contribution in [2.45, 2.75) is 72.0 Å². The zero-order valence-corrected chi connectivity index (χ0v) is 21.2. The van der Waals surface area contributed by atoms with Crippen molar-refractivity contribution in [3.63, 3.8) is 0 Å². The van der Waals surface area contributed by atoms with E-state index in [1.807, 2.05) is 69.3 Å². The number of methoxy groups -OCH3 is 1. The minimum Gasteiger partial charge on any atom is -0.497 e. The number of nitrogens with zero attached hydrogens (tertiary/aromatic N) is 1. The Kier molecular flexibility index (Phi) is 8.53. The fourth-order valence-electron chi connectivity index (χ4n) is 3.46. The van der Waals surface area contributed by atoms with Crippen LogP contribution in [0.5, 0.6) is 11.5 Å². The van der Waals surface area contributed by atoms with Crippen LogP contribution in [0.4, 0.5) is 0 Å². The molecule has 0 heterocycles. The molecule has 0 unspecified atom stereocenters. The standard InChI is InChI=1S/C27H38N2O4/c1-19(25(31)28-27(5,6)7)29(17-20-12-11-13-21(16-20)32-8)24(30)18-33-23-15-10-9-14-22(23)26(2,3)4/h9-16,19H,17-18H2,1-8H3,(H,28,31)/t19-/m1/s1. The zero-order chi connectivity index (χ0) is 24.8. The van der Waals surface area contributed by atoms with Gasteiger partial charge in [0.15, 0.2) is 6.61 Å². The second kappa shape index (κ2) is 10.7. The van der Waals surface area contributed by atoms with E-state index in [0.717, 1.165) is 11.1 Å². The van der Waals surface area contributed by atoms with Crippen molar-refractivity contribution in [1.29, 1.82) is 0 Å². The van der Waals surface area contributed by atoms with Crippen LogP contribution in [0.2, 0.25) is 0 Å². The predicted octanol–water partition coefficient (Wildman–Crippen LogP) is 4.70. The number of hydrogen-bond acceptors (Lipinski definition) is 4. The predicted molar refractivity (Wildman–Crippen MR) is 132 cm³/mol. The number of hydrogen-bond donors (Lipinski definition) is 1. The maximum Gasteiger partial charge on any atom is 0.261 e. The van der Waals surface area contributed by atoms with Crippen LogP contribution in [0.15, 0.2) is 48.5 Å². The Balaban J connectivity index is 2.27. The van der Waals surface area contributed by atoms with Gasteiger partial charge < -0.3 is 19.7 Å². The van der Waals surface area contributed by atoms with E-state index in [1.165, 1.54) is 0 Å². The van der Waals surface area contributed by atoms with Crippen molar-refractivity contribution in [3.05, 3.63) is 59.7 Å². The van der Waals surface area contributed by atoms with Crippen LogP contribution in [0.1, 0.15) is 59.6 Å². The molecular formula is C27H38N2O4. The summed E-state index contributed by atoms with van der Waals surface area (Å²) in [6, 6.07) is 14.5. The highest BCUT2D eigenvalue weighted by atomic mass is 16.5. The average molecular weight is 455 g/mol. The van der Waals surface area contributed by atoms with Gasteiger partial charge in [-0.25, -0.2) is 0 Å². The van der Waals surface area contributed by atoms with Crippen LogP contribution in [0, 0.1) is 0 Å². The topological polar surface area (TPSA) is 67.9 Å². The van der Waals surface area contributed by atoms with E-state index < -0.39 is 11.6 Å². The van der Waals surface area contributed by atoms with Crippen LogP contribution >= 0.6 is 0 Å². The van der Waals surface area contributed by atoms with Crippen LogP contribution in [0.3, 0.4) is 0 Å². The summed E-state index contributed by atoms with van der Waals surface area (Å²) in [7, 11) is 1.60. The number of rotatable bonds is 8. The number of amides is 2. The molecule has 0 saturated carbocycles. The molecule has 0 bridgehead atoms. The molecule has 2 amide bonds. The van der Waals surface area contributed by atoms with Gasteiger partial charge in [0.2, 0.25) is 5.91 Å². The quantitative estimate of drug-likeness (QED) is 0.628. The first-order valence-corrected chi connectivity index (χ1v) is 11.3. The highest BCUT2D eigenvalue weighted by Crippen LogP contribution is 2.31. The number of carbonyl (C=O) groups is 2. The molecule has 0 fully saturated rings. The fourth-order valence-corrected chi connectivity index (χ4v) is 3.46.